The van der Waals surface area contributed by atoms with Crippen LogP contribution in [0, 0.1) is 5.92 Å². The largest absolute Gasteiger partial charge is 0.327 e. The van der Waals surface area contributed by atoms with E-state index in [-0.39, 0.29) is 53.9 Å². The van der Waals surface area contributed by atoms with Crippen LogP contribution in [0.4, 0.5) is 5.69 Å². The minimum atomic E-state index is -0.349. The molecule has 1 aromatic rings. The molecular formula is C10H16BrCl2N3O2. The molecule has 4 N–H and O–H groups in total. The zero-order chi connectivity index (χ0) is 12.3. The number of aromatic amines is 1. The lowest BCUT2D eigenvalue weighted by Crippen LogP contribution is -2.35. The fourth-order valence-electron chi connectivity index (χ4n) is 1.04. The maximum Gasteiger partial charge on any atom is 0.271 e. The first-order chi connectivity index (χ1) is 7.41. The van der Waals surface area contributed by atoms with Crippen LogP contribution in [0.1, 0.15) is 13.8 Å². The zero-order valence-corrected chi connectivity index (χ0v) is 13.1. The summed E-state index contributed by atoms with van der Waals surface area (Å²) < 4.78 is 0.691. The van der Waals surface area contributed by atoms with Crippen LogP contribution in [0.15, 0.2) is 21.5 Å². The van der Waals surface area contributed by atoms with Gasteiger partial charge in [0.1, 0.15) is 5.69 Å². The van der Waals surface area contributed by atoms with Crippen LogP contribution < -0.4 is 16.6 Å². The van der Waals surface area contributed by atoms with Crippen LogP contribution in [0.5, 0.6) is 0 Å². The molecule has 1 heterocycles. The summed E-state index contributed by atoms with van der Waals surface area (Å²) >= 11 is 3.21. The molecule has 0 fully saturated rings. The van der Waals surface area contributed by atoms with Gasteiger partial charge in [0.25, 0.3) is 5.56 Å². The summed E-state index contributed by atoms with van der Waals surface area (Å²) in [5.74, 6) is -0.614. The van der Waals surface area contributed by atoms with E-state index in [2.05, 4.69) is 26.2 Å². The molecular weight excluding hydrogens is 345 g/mol. The van der Waals surface area contributed by atoms with Gasteiger partial charge < -0.3 is 16.0 Å². The number of H-pyrrole nitrogens is 1. The lowest BCUT2D eigenvalue weighted by Gasteiger charge is -2.14. The quantitative estimate of drug-likeness (QED) is 0.769. The number of hydrogen-bond acceptors (Lipinski definition) is 3. The first-order valence-electron chi connectivity index (χ1n) is 4.86. The monoisotopic (exact) mass is 359 g/mol. The molecule has 1 rings (SSSR count). The predicted octanol–water partition coefficient (Wildman–Crippen LogP) is 1.90. The smallest absolute Gasteiger partial charge is 0.271 e. The summed E-state index contributed by atoms with van der Waals surface area (Å²) in [5.41, 5.74) is 5.48. The van der Waals surface area contributed by atoms with Crippen LogP contribution >= 0.6 is 40.7 Å². The van der Waals surface area contributed by atoms with Crippen molar-refractivity contribution in [1.82, 2.24) is 4.98 Å². The van der Waals surface area contributed by atoms with Gasteiger partial charge in [-0.05, 0) is 28.9 Å². The normalized spacial score (nSPS) is 12.7. The van der Waals surface area contributed by atoms with Crippen molar-refractivity contribution in [3.8, 4) is 0 Å². The van der Waals surface area contributed by atoms with Crippen molar-refractivity contribution >= 4 is 52.3 Å². The van der Waals surface area contributed by atoms with Crippen molar-refractivity contribution in [2.45, 2.75) is 19.9 Å². The Balaban J connectivity index is 0. The summed E-state index contributed by atoms with van der Waals surface area (Å²) in [7, 11) is 0. The highest BCUT2D eigenvalue weighted by atomic mass is 79.9. The number of aromatic nitrogens is 1. The van der Waals surface area contributed by atoms with E-state index < -0.39 is 0 Å². The number of nitrogens with one attached hydrogen (secondary N) is 2. The van der Waals surface area contributed by atoms with Gasteiger partial charge in [0, 0.05) is 16.7 Å². The minimum Gasteiger partial charge on any atom is -0.327 e. The molecule has 0 radical (unpaired) electrons. The van der Waals surface area contributed by atoms with Crippen LogP contribution in [0.2, 0.25) is 0 Å². The molecule has 0 spiro atoms. The first-order valence-corrected chi connectivity index (χ1v) is 5.65. The Kier molecular flexibility index (Phi) is 9.37. The molecule has 104 valence electrons. The van der Waals surface area contributed by atoms with Crippen LogP contribution in [0.25, 0.3) is 0 Å². The molecule has 0 saturated heterocycles. The summed E-state index contributed by atoms with van der Waals surface area (Å²) in [6.45, 7) is 3.46. The minimum absolute atomic E-state index is 0. The van der Waals surface area contributed by atoms with Crippen molar-refractivity contribution in [1.29, 1.82) is 0 Å². The van der Waals surface area contributed by atoms with Crippen molar-refractivity contribution in [3.05, 3.63) is 27.1 Å². The predicted molar refractivity (Wildman–Crippen MR) is 80.7 cm³/mol. The Morgan fingerprint density at radius 2 is 2.00 bits per heavy atom. The van der Waals surface area contributed by atoms with Gasteiger partial charge in [-0.1, -0.05) is 6.92 Å². The lowest BCUT2D eigenvalue weighted by atomic mass is 10.0. The zero-order valence-electron chi connectivity index (χ0n) is 9.90. The molecule has 0 aliphatic rings. The van der Waals surface area contributed by atoms with E-state index in [0.717, 1.165) is 0 Å². The SMILES string of the molecule is CC(N)C(C)C(=O)Nc1cc(Br)c[nH]c1=O.Cl.Cl. The standard InChI is InChI=1S/C10H14BrN3O2.2ClH/c1-5(6(2)12)9(15)14-8-3-7(11)4-13-10(8)16;;/h3-6H,12H2,1-2H3,(H,13,16)(H,14,15);2*1H. The summed E-state index contributed by atoms with van der Waals surface area (Å²) in [5, 5.41) is 2.54. The third-order valence-electron chi connectivity index (χ3n) is 2.33. The molecule has 18 heavy (non-hydrogen) atoms. The molecule has 0 aliphatic heterocycles. The van der Waals surface area contributed by atoms with Crippen molar-refractivity contribution < 1.29 is 4.79 Å². The van der Waals surface area contributed by atoms with Crippen molar-refractivity contribution in [2.24, 2.45) is 11.7 Å². The highest BCUT2D eigenvalue weighted by molar-refractivity contribution is 9.10. The van der Waals surface area contributed by atoms with Gasteiger partial charge in [-0.3, -0.25) is 9.59 Å². The number of amides is 1. The molecule has 0 saturated carbocycles. The molecule has 2 atom stereocenters. The maximum atomic E-state index is 11.7. The van der Waals surface area contributed by atoms with Crippen molar-refractivity contribution in [2.75, 3.05) is 5.32 Å². The average Bonchev–Trinajstić information content (AvgIpc) is 2.22. The van der Waals surface area contributed by atoms with Crippen LogP contribution in [-0.2, 0) is 4.79 Å². The van der Waals surface area contributed by atoms with E-state index in [9.17, 15) is 9.59 Å². The summed E-state index contributed by atoms with van der Waals surface area (Å²) in [6.07, 6.45) is 1.51. The summed E-state index contributed by atoms with van der Waals surface area (Å²) in [4.78, 5) is 25.5. The Bertz CT molecular complexity index is 451. The van der Waals surface area contributed by atoms with E-state index in [4.69, 9.17) is 5.73 Å². The van der Waals surface area contributed by atoms with Gasteiger partial charge in [0.05, 0.1) is 5.92 Å². The summed E-state index contributed by atoms with van der Waals surface area (Å²) in [6, 6.07) is 1.29. The highest BCUT2D eigenvalue weighted by Crippen LogP contribution is 2.11. The molecule has 0 bridgehead atoms. The van der Waals surface area contributed by atoms with Gasteiger partial charge in [0.2, 0.25) is 5.91 Å². The third kappa shape index (κ3) is 5.39. The second kappa shape index (κ2) is 8.53. The topological polar surface area (TPSA) is 88.0 Å². The molecule has 1 aromatic heterocycles. The first kappa shape index (κ1) is 19.8. The Morgan fingerprint density at radius 1 is 1.44 bits per heavy atom. The van der Waals surface area contributed by atoms with E-state index in [1.165, 1.54) is 6.20 Å². The number of rotatable bonds is 3. The van der Waals surface area contributed by atoms with Gasteiger partial charge in [-0.25, -0.2) is 0 Å². The number of anilines is 1. The van der Waals surface area contributed by atoms with Crippen LogP contribution in [-0.4, -0.2) is 16.9 Å². The van der Waals surface area contributed by atoms with Gasteiger partial charge in [-0.15, -0.1) is 24.8 Å². The number of carbonyl (C=O) groups excluding carboxylic acids is 1. The fourth-order valence-corrected chi connectivity index (χ4v) is 1.38. The lowest BCUT2D eigenvalue weighted by molar-refractivity contribution is -0.119. The van der Waals surface area contributed by atoms with Crippen LogP contribution in [0.3, 0.4) is 0 Å². The van der Waals surface area contributed by atoms with E-state index in [0.29, 0.717) is 4.47 Å². The molecule has 1 amide bonds. The Labute approximate surface area is 126 Å². The number of nitrogens with two attached hydrogens (primary N) is 1. The van der Waals surface area contributed by atoms with Gasteiger partial charge >= 0.3 is 0 Å². The highest BCUT2D eigenvalue weighted by Gasteiger charge is 2.17. The average molecular weight is 361 g/mol. The number of hydrogen-bond donors (Lipinski definition) is 3. The second-order valence-electron chi connectivity index (χ2n) is 3.70. The number of pyridine rings is 1. The number of carbonyl (C=O) groups is 1. The van der Waals surface area contributed by atoms with E-state index >= 15 is 0 Å². The molecule has 2 unspecified atom stereocenters. The Morgan fingerprint density at radius 3 is 2.50 bits per heavy atom. The third-order valence-corrected chi connectivity index (χ3v) is 2.79. The molecule has 0 aromatic carbocycles. The molecule has 0 aliphatic carbocycles. The fraction of sp³-hybridized carbons (Fsp3) is 0.400. The molecule has 5 nitrogen and oxygen atoms in total. The van der Waals surface area contributed by atoms with E-state index in [1.54, 1.807) is 19.9 Å². The van der Waals surface area contributed by atoms with Gasteiger partial charge in [-0.2, -0.15) is 0 Å². The maximum absolute atomic E-state index is 11.7. The van der Waals surface area contributed by atoms with Gasteiger partial charge in [0.15, 0.2) is 0 Å². The number of halogens is 3. The second-order valence-corrected chi connectivity index (χ2v) is 4.61. The van der Waals surface area contributed by atoms with E-state index in [1.807, 2.05) is 0 Å². The molecule has 8 heteroatoms. The Hall–Kier alpha value is -0.560. The van der Waals surface area contributed by atoms with Crippen molar-refractivity contribution in [3.63, 3.8) is 0 Å².